The molecule has 0 bridgehead atoms. The van der Waals surface area contributed by atoms with Crippen LogP contribution in [0.2, 0.25) is 0 Å². The number of carbonyl (C=O) groups is 1. The SMILES string of the molecule is O=C(/C=C/c1ccsc1)NCC(c1ccco1)n1cccn1. The van der Waals surface area contributed by atoms with Crippen LogP contribution in [-0.2, 0) is 4.79 Å². The van der Waals surface area contributed by atoms with Gasteiger partial charge < -0.3 is 9.73 Å². The van der Waals surface area contributed by atoms with Crippen molar-refractivity contribution >= 4 is 23.3 Å². The van der Waals surface area contributed by atoms with Crippen LogP contribution in [0.25, 0.3) is 6.08 Å². The lowest BCUT2D eigenvalue weighted by Crippen LogP contribution is -2.30. The van der Waals surface area contributed by atoms with Gasteiger partial charge in [0.1, 0.15) is 11.8 Å². The minimum Gasteiger partial charge on any atom is -0.467 e. The molecule has 0 aromatic carbocycles. The third-order valence-electron chi connectivity index (χ3n) is 3.16. The van der Waals surface area contributed by atoms with E-state index in [1.807, 2.05) is 41.2 Å². The first-order valence-corrected chi connectivity index (χ1v) is 7.78. The lowest BCUT2D eigenvalue weighted by Gasteiger charge is -2.15. The topological polar surface area (TPSA) is 60.1 Å². The van der Waals surface area contributed by atoms with E-state index >= 15 is 0 Å². The van der Waals surface area contributed by atoms with E-state index in [4.69, 9.17) is 4.42 Å². The van der Waals surface area contributed by atoms with Crippen molar-refractivity contribution in [2.45, 2.75) is 6.04 Å². The molecule has 0 radical (unpaired) electrons. The van der Waals surface area contributed by atoms with Gasteiger partial charge in [0.15, 0.2) is 0 Å². The third-order valence-corrected chi connectivity index (χ3v) is 3.86. The maximum Gasteiger partial charge on any atom is 0.244 e. The van der Waals surface area contributed by atoms with E-state index < -0.39 is 0 Å². The van der Waals surface area contributed by atoms with Crippen LogP contribution in [0.4, 0.5) is 0 Å². The van der Waals surface area contributed by atoms with Crippen LogP contribution in [0.1, 0.15) is 17.4 Å². The van der Waals surface area contributed by atoms with E-state index in [1.165, 1.54) is 6.08 Å². The zero-order chi connectivity index (χ0) is 15.2. The summed E-state index contributed by atoms with van der Waals surface area (Å²) in [4.78, 5) is 11.9. The Hall–Kier alpha value is -2.60. The van der Waals surface area contributed by atoms with Crippen molar-refractivity contribution in [1.82, 2.24) is 15.1 Å². The number of amides is 1. The normalized spacial score (nSPS) is 12.5. The van der Waals surface area contributed by atoms with Gasteiger partial charge in [0.05, 0.1) is 6.26 Å². The predicted octanol–water partition coefficient (Wildman–Crippen LogP) is 2.96. The molecule has 112 valence electrons. The number of hydrogen-bond donors (Lipinski definition) is 1. The summed E-state index contributed by atoms with van der Waals surface area (Å²) in [6.45, 7) is 0.405. The maximum absolute atomic E-state index is 11.9. The average Bonchev–Trinajstić information content (AvgIpc) is 3.27. The number of aromatic nitrogens is 2. The Morgan fingerprint density at radius 2 is 2.41 bits per heavy atom. The van der Waals surface area contributed by atoms with Gasteiger partial charge in [-0.2, -0.15) is 16.4 Å². The molecule has 1 atom stereocenters. The van der Waals surface area contributed by atoms with Gasteiger partial charge in [-0.05, 0) is 46.7 Å². The fraction of sp³-hybridized carbons (Fsp3) is 0.125. The second-order valence-electron chi connectivity index (χ2n) is 4.65. The number of nitrogens with zero attached hydrogens (tertiary/aromatic N) is 2. The van der Waals surface area contributed by atoms with E-state index in [2.05, 4.69) is 10.4 Å². The summed E-state index contributed by atoms with van der Waals surface area (Å²) in [5.74, 6) is 0.612. The Labute approximate surface area is 131 Å². The molecule has 0 saturated carbocycles. The first-order valence-electron chi connectivity index (χ1n) is 6.83. The second kappa shape index (κ2) is 6.91. The molecule has 3 aromatic rings. The van der Waals surface area contributed by atoms with Crippen LogP contribution in [-0.4, -0.2) is 22.2 Å². The lowest BCUT2D eigenvalue weighted by atomic mass is 10.2. The van der Waals surface area contributed by atoms with Crippen molar-refractivity contribution in [2.75, 3.05) is 6.54 Å². The molecule has 0 spiro atoms. The Balaban J connectivity index is 1.63. The van der Waals surface area contributed by atoms with Crippen LogP contribution in [0.3, 0.4) is 0 Å². The van der Waals surface area contributed by atoms with Crippen LogP contribution < -0.4 is 5.32 Å². The molecule has 0 aliphatic heterocycles. The van der Waals surface area contributed by atoms with Crippen molar-refractivity contribution in [1.29, 1.82) is 0 Å². The number of thiophene rings is 1. The highest BCUT2D eigenvalue weighted by Gasteiger charge is 2.17. The van der Waals surface area contributed by atoms with E-state index in [0.29, 0.717) is 6.54 Å². The number of rotatable bonds is 6. The second-order valence-corrected chi connectivity index (χ2v) is 5.43. The quantitative estimate of drug-likeness (QED) is 0.712. The number of furan rings is 1. The van der Waals surface area contributed by atoms with Crippen molar-refractivity contribution in [3.8, 4) is 0 Å². The van der Waals surface area contributed by atoms with Crippen LogP contribution in [0.5, 0.6) is 0 Å². The number of hydrogen-bond acceptors (Lipinski definition) is 4. The minimum atomic E-state index is -0.163. The van der Waals surface area contributed by atoms with Gasteiger partial charge in [0.25, 0.3) is 0 Å². The first-order chi connectivity index (χ1) is 10.8. The van der Waals surface area contributed by atoms with Gasteiger partial charge in [-0.25, -0.2) is 0 Å². The molecule has 3 rings (SSSR count). The Kier molecular flexibility index (Phi) is 4.50. The summed E-state index contributed by atoms with van der Waals surface area (Å²) in [5.41, 5.74) is 1.02. The average molecular weight is 313 g/mol. The fourth-order valence-corrected chi connectivity index (χ4v) is 2.70. The molecule has 0 aliphatic rings. The maximum atomic E-state index is 11.9. The highest BCUT2D eigenvalue weighted by molar-refractivity contribution is 7.08. The summed E-state index contributed by atoms with van der Waals surface area (Å²) in [6.07, 6.45) is 8.49. The highest BCUT2D eigenvalue weighted by Crippen LogP contribution is 2.17. The van der Waals surface area contributed by atoms with Gasteiger partial charge in [0, 0.05) is 25.0 Å². The first kappa shape index (κ1) is 14.3. The zero-order valence-electron chi connectivity index (χ0n) is 11.8. The zero-order valence-corrected chi connectivity index (χ0v) is 12.6. The number of nitrogens with one attached hydrogen (secondary N) is 1. The molecule has 0 fully saturated rings. The standard InChI is InChI=1S/C16H15N3O2S/c20-16(5-4-13-6-10-22-12-13)17-11-14(15-3-1-9-21-15)19-8-2-7-18-19/h1-10,12,14H,11H2,(H,17,20)/b5-4+. The van der Waals surface area contributed by atoms with Crippen LogP contribution >= 0.6 is 11.3 Å². The van der Waals surface area contributed by atoms with Crippen LogP contribution in [0, 0.1) is 0 Å². The third kappa shape index (κ3) is 3.53. The number of carbonyl (C=O) groups excluding carboxylic acids is 1. The molecule has 3 heterocycles. The van der Waals surface area contributed by atoms with Crippen molar-refractivity contribution in [3.63, 3.8) is 0 Å². The van der Waals surface area contributed by atoms with E-state index in [9.17, 15) is 4.79 Å². The molecule has 1 amide bonds. The molecule has 3 aromatic heterocycles. The van der Waals surface area contributed by atoms with E-state index in [-0.39, 0.29) is 11.9 Å². The molecule has 22 heavy (non-hydrogen) atoms. The van der Waals surface area contributed by atoms with E-state index in [0.717, 1.165) is 11.3 Å². The van der Waals surface area contributed by atoms with Gasteiger partial charge in [-0.3, -0.25) is 9.48 Å². The minimum absolute atomic E-state index is 0.144. The van der Waals surface area contributed by atoms with Crippen molar-refractivity contribution in [3.05, 3.63) is 71.1 Å². The van der Waals surface area contributed by atoms with Gasteiger partial charge in [-0.15, -0.1) is 0 Å². The predicted molar refractivity (Wildman–Crippen MR) is 85.4 cm³/mol. The summed E-state index contributed by atoms with van der Waals surface area (Å²) in [7, 11) is 0. The lowest BCUT2D eigenvalue weighted by molar-refractivity contribution is -0.116. The molecule has 1 N–H and O–H groups in total. The molecule has 0 aliphatic carbocycles. The van der Waals surface area contributed by atoms with Gasteiger partial charge >= 0.3 is 0 Å². The molecule has 5 nitrogen and oxygen atoms in total. The molecule has 1 unspecified atom stereocenters. The molecular formula is C16H15N3O2S. The summed E-state index contributed by atoms with van der Waals surface area (Å²) in [6, 6.07) is 7.34. The molecule has 6 heteroatoms. The largest absolute Gasteiger partial charge is 0.467 e. The van der Waals surface area contributed by atoms with Gasteiger partial charge in [0.2, 0.25) is 5.91 Å². The Bertz CT molecular complexity index is 681. The summed E-state index contributed by atoms with van der Waals surface area (Å²) in [5, 5.41) is 11.1. The summed E-state index contributed by atoms with van der Waals surface area (Å²) >= 11 is 1.60. The van der Waals surface area contributed by atoms with Gasteiger partial charge in [-0.1, -0.05) is 0 Å². The highest BCUT2D eigenvalue weighted by atomic mass is 32.1. The molecular weight excluding hydrogens is 298 g/mol. The van der Waals surface area contributed by atoms with Crippen molar-refractivity contribution < 1.29 is 9.21 Å². The Morgan fingerprint density at radius 3 is 3.09 bits per heavy atom. The monoisotopic (exact) mass is 313 g/mol. The van der Waals surface area contributed by atoms with E-state index in [1.54, 1.807) is 34.6 Å². The Morgan fingerprint density at radius 1 is 1.45 bits per heavy atom. The van der Waals surface area contributed by atoms with Crippen LogP contribution in [0.15, 0.2) is 64.2 Å². The summed E-state index contributed by atoms with van der Waals surface area (Å²) < 4.78 is 7.21. The van der Waals surface area contributed by atoms with Crippen molar-refractivity contribution in [2.24, 2.45) is 0 Å². The molecule has 0 saturated heterocycles. The smallest absolute Gasteiger partial charge is 0.244 e. The fourth-order valence-electron chi connectivity index (χ4n) is 2.07.